The zero-order valence-corrected chi connectivity index (χ0v) is 13.6. The fraction of sp³-hybridized carbons (Fsp3) is 0.588. The van der Waals surface area contributed by atoms with Gasteiger partial charge in [0, 0.05) is 18.7 Å². The summed E-state index contributed by atoms with van der Waals surface area (Å²) in [6.45, 7) is 6.58. The van der Waals surface area contributed by atoms with Crippen LogP contribution >= 0.6 is 0 Å². The van der Waals surface area contributed by atoms with Gasteiger partial charge in [-0.25, -0.2) is 0 Å². The molecule has 1 saturated heterocycles. The van der Waals surface area contributed by atoms with E-state index in [1.165, 1.54) is 0 Å². The van der Waals surface area contributed by atoms with Crippen LogP contribution in [0.5, 0.6) is 11.5 Å². The van der Waals surface area contributed by atoms with Gasteiger partial charge in [-0.05, 0) is 31.5 Å². The first-order valence-corrected chi connectivity index (χ1v) is 7.87. The number of nitrogens with zero attached hydrogens (tertiary/aromatic N) is 1. The molecule has 5 nitrogen and oxygen atoms in total. The third kappa shape index (κ3) is 4.13. The first-order chi connectivity index (χ1) is 10.7. The molecule has 1 aromatic rings. The van der Waals surface area contributed by atoms with Crippen LogP contribution in [-0.4, -0.2) is 50.3 Å². The topological polar surface area (TPSA) is 48.0 Å². The van der Waals surface area contributed by atoms with Crippen molar-refractivity contribution in [3.05, 3.63) is 23.8 Å². The second-order valence-electron chi connectivity index (χ2n) is 5.50. The third-order valence-electron chi connectivity index (χ3n) is 3.69. The van der Waals surface area contributed by atoms with Gasteiger partial charge in [0.2, 0.25) is 0 Å². The van der Waals surface area contributed by atoms with Crippen LogP contribution in [0.15, 0.2) is 18.2 Å². The van der Waals surface area contributed by atoms with E-state index in [0.29, 0.717) is 43.4 Å². The van der Waals surface area contributed by atoms with Gasteiger partial charge >= 0.3 is 0 Å². The Kier molecular flexibility index (Phi) is 6.07. The molecule has 1 unspecified atom stereocenters. The quantitative estimate of drug-likeness (QED) is 0.758. The number of carbonyl (C=O) groups is 1. The van der Waals surface area contributed by atoms with Crippen molar-refractivity contribution < 1.29 is 19.0 Å². The summed E-state index contributed by atoms with van der Waals surface area (Å²) in [4.78, 5) is 14.4. The minimum atomic E-state index is 0.00792. The normalized spacial score (nSPS) is 18.1. The fourth-order valence-electron chi connectivity index (χ4n) is 2.43. The average molecular weight is 307 g/mol. The summed E-state index contributed by atoms with van der Waals surface area (Å²) in [6, 6.07) is 5.36. The number of hydrogen-bond acceptors (Lipinski definition) is 4. The van der Waals surface area contributed by atoms with Crippen LogP contribution in [0.2, 0.25) is 0 Å². The van der Waals surface area contributed by atoms with Crippen LogP contribution < -0.4 is 9.47 Å². The van der Waals surface area contributed by atoms with Crippen LogP contribution in [0.1, 0.15) is 37.0 Å². The Morgan fingerprint density at radius 2 is 2.23 bits per heavy atom. The molecule has 1 aliphatic rings. The minimum Gasteiger partial charge on any atom is -0.493 e. The van der Waals surface area contributed by atoms with Crippen molar-refractivity contribution in [1.82, 2.24) is 4.90 Å². The van der Waals surface area contributed by atoms with E-state index >= 15 is 0 Å². The lowest BCUT2D eigenvalue weighted by Crippen LogP contribution is -2.44. The third-order valence-corrected chi connectivity index (χ3v) is 3.69. The van der Waals surface area contributed by atoms with Gasteiger partial charge in [0.25, 0.3) is 5.91 Å². The summed E-state index contributed by atoms with van der Waals surface area (Å²) in [7, 11) is 1.59. The van der Waals surface area contributed by atoms with Crippen molar-refractivity contribution in [3.63, 3.8) is 0 Å². The van der Waals surface area contributed by atoms with Gasteiger partial charge in [-0.15, -0.1) is 0 Å². The van der Waals surface area contributed by atoms with Gasteiger partial charge in [0.15, 0.2) is 11.5 Å². The summed E-state index contributed by atoms with van der Waals surface area (Å²) in [5.41, 5.74) is 0.619. The molecule has 1 amide bonds. The number of morpholine rings is 1. The number of hydrogen-bond donors (Lipinski definition) is 0. The Bertz CT molecular complexity index is 503. The van der Waals surface area contributed by atoms with Crippen LogP contribution in [-0.2, 0) is 4.74 Å². The highest BCUT2D eigenvalue weighted by Crippen LogP contribution is 2.29. The summed E-state index contributed by atoms with van der Waals surface area (Å²) < 4.78 is 16.5. The largest absolute Gasteiger partial charge is 0.493 e. The molecule has 0 spiro atoms. The maximum atomic E-state index is 12.6. The molecule has 122 valence electrons. The highest BCUT2D eigenvalue weighted by atomic mass is 16.5. The molecule has 0 N–H and O–H groups in total. The standard InChI is InChI=1S/C17H25NO4/c1-4-5-9-22-15-7-6-14(11-16(15)20-3)17(19)18-8-10-21-13(2)12-18/h6-7,11,13H,4-5,8-10,12H2,1-3H3. The number of benzene rings is 1. The van der Waals surface area contributed by atoms with Gasteiger partial charge in [-0.1, -0.05) is 13.3 Å². The molecule has 0 aromatic heterocycles. The SMILES string of the molecule is CCCCOc1ccc(C(=O)N2CCOC(C)C2)cc1OC. The number of unbranched alkanes of at least 4 members (excludes halogenated alkanes) is 1. The van der Waals surface area contributed by atoms with Gasteiger partial charge in [0.05, 0.1) is 26.4 Å². The van der Waals surface area contributed by atoms with Crippen molar-refractivity contribution >= 4 is 5.91 Å². The summed E-state index contributed by atoms with van der Waals surface area (Å²) in [5, 5.41) is 0. The van der Waals surface area contributed by atoms with E-state index in [4.69, 9.17) is 14.2 Å². The monoisotopic (exact) mass is 307 g/mol. The number of amides is 1. The molecular formula is C17H25NO4. The Morgan fingerprint density at radius 1 is 1.41 bits per heavy atom. The highest BCUT2D eigenvalue weighted by molar-refractivity contribution is 5.95. The molecule has 5 heteroatoms. The smallest absolute Gasteiger partial charge is 0.254 e. The highest BCUT2D eigenvalue weighted by Gasteiger charge is 2.23. The van der Waals surface area contributed by atoms with Crippen molar-refractivity contribution in [3.8, 4) is 11.5 Å². The van der Waals surface area contributed by atoms with E-state index in [2.05, 4.69) is 6.92 Å². The van der Waals surface area contributed by atoms with Crippen molar-refractivity contribution in [2.75, 3.05) is 33.4 Å². The molecule has 1 heterocycles. The molecule has 0 radical (unpaired) electrons. The second kappa shape index (κ2) is 8.03. The van der Waals surface area contributed by atoms with E-state index in [9.17, 15) is 4.79 Å². The van der Waals surface area contributed by atoms with Gasteiger partial charge in [-0.3, -0.25) is 4.79 Å². The molecule has 1 aromatic carbocycles. The van der Waals surface area contributed by atoms with Crippen molar-refractivity contribution in [2.24, 2.45) is 0 Å². The van der Waals surface area contributed by atoms with E-state index < -0.39 is 0 Å². The first kappa shape index (κ1) is 16.6. The van der Waals surface area contributed by atoms with E-state index in [-0.39, 0.29) is 12.0 Å². The van der Waals surface area contributed by atoms with Gasteiger partial charge in [-0.2, -0.15) is 0 Å². The lowest BCUT2D eigenvalue weighted by Gasteiger charge is -2.31. The molecule has 0 saturated carbocycles. The van der Waals surface area contributed by atoms with Gasteiger partial charge < -0.3 is 19.1 Å². The molecule has 2 rings (SSSR count). The van der Waals surface area contributed by atoms with Crippen LogP contribution in [0.25, 0.3) is 0 Å². The summed E-state index contributed by atoms with van der Waals surface area (Å²) in [6.07, 6.45) is 2.15. The Balaban J connectivity index is 2.09. The predicted octanol–water partition coefficient (Wildman–Crippen LogP) is 2.74. The van der Waals surface area contributed by atoms with Gasteiger partial charge in [0.1, 0.15) is 0 Å². The lowest BCUT2D eigenvalue weighted by atomic mass is 10.1. The van der Waals surface area contributed by atoms with Crippen molar-refractivity contribution in [2.45, 2.75) is 32.8 Å². The second-order valence-corrected chi connectivity index (χ2v) is 5.50. The van der Waals surface area contributed by atoms with Crippen LogP contribution in [0.4, 0.5) is 0 Å². The maximum absolute atomic E-state index is 12.6. The predicted molar refractivity (Wildman–Crippen MR) is 84.7 cm³/mol. The number of rotatable bonds is 6. The fourth-order valence-corrected chi connectivity index (χ4v) is 2.43. The van der Waals surface area contributed by atoms with Crippen molar-refractivity contribution in [1.29, 1.82) is 0 Å². The Morgan fingerprint density at radius 3 is 2.91 bits per heavy atom. The maximum Gasteiger partial charge on any atom is 0.254 e. The number of ether oxygens (including phenoxy) is 3. The van der Waals surface area contributed by atoms with Crippen LogP contribution in [0, 0.1) is 0 Å². The lowest BCUT2D eigenvalue weighted by molar-refractivity contribution is -0.0124. The van der Waals surface area contributed by atoms with E-state index in [1.807, 2.05) is 17.9 Å². The molecule has 1 fully saturated rings. The Hall–Kier alpha value is -1.75. The average Bonchev–Trinajstić information content (AvgIpc) is 2.54. The zero-order chi connectivity index (χ0) is 15.9. The molecule has 22 heavy (non-hydrogen) atoms. The summed E-state index contributed by atoms with van der Waals surface area (Å²) in [5.74, 6) is 1.29. The minimum absolute atomic E-state index is 0.00792. The Labute approximate surface area is 132 Å². The summed E-state index contributed by atoms with van der Waals surface area (Å²) >= 11 is 0. The number of carbonyl (C=O) groups excluding carboxylic acids is 1. The molecule has 1 atom stereocenters. The molecule has 0 bridgehead atoms. The van der Waals surface area contributed by atoms with E-state index in [1.54, 1.807) is 19.2 Å². The number of methoxy groups -OCH3 is 1. The van der Waals surface area contributed by atoms with Crippen LogP contribution in [0.3, 0.4) is 0 Å². The molecular weight excluding hydrogens is 282 g/mol. The first-order valence-electron chi connectivity index (χ1n) is 7.87. The van der Waals surface area contributed by atoms with E-state index in [0.717, 1.165) is 12.8 Å². The zero-order valence-electron chi connectivity index (χ0n) is 13.6. The molecule has 1 aliphatic heterocycles. The molecule has 0 aliphatic carbocycles.